The standard InChI is InChI=1S/C26H33N7O2/c1-16-7-8-21(28-18(3)34)20(12-16)26(35)32-10-5-4-6-23(32)22-13-24-29-25(17(2)14-33(24)30-22)31-11-9-19(27)15-31/h7-8,12-14,19,23H,4-6,9-11,15,27H2,1-3H3,(H,28,34). The minimum Gasteiger partial charge on any atom is -0.355 e. The van der Waals surface area contributed by atoms with Crippen LogP contribution in [-0.2, 0) is 4.79 Å². The predicted molar refractivity (Wildman–Crippen MR) is 136 cm³/mol. The number of likely N-dealkylation sites (tertiary alicyclic amines) is 1. The van der Waals surface area contributed by atoms with E-state index in [1.165, 1.54) is 6.92 Å². The van der Waals surface area contributed by atoms with Crippen LogP contribution in [0, 0.1) is 13.8 Å². The summed E-state index contributed by atoms with van der Waals surface area (Å²) in [4.78, 5) is 34.6. The van der Waals surface area contributed by atoms with E-state index in [0.29, 0.717) is 17.8 Å². The van der Waals surface area contributed by atoms with Gasteiger partial charge >= 0.3 is 0 Å². The maximum absolute atomic E-state index is 13.8. The Morgan fingerprint density at radius 3 is 2.69 bits per heavy atom. The molecule has 3 N–H and O–H groups in total. The van der Waals surface area contributed by atoms with Gasteiger partial charge in [0.15, 0.2) is 5.65 Å². The maximum atomic E-state index is 13.8. The zero-order valence-electron chi connectivity index (χ0n) is 20.6. The summed E-state index contributed by atoms with van der Waals surface area (Å²) in [6.45, 7) is 7.81. The van der Waals surface area contributed by atoms with Crippen molar-refractivity contribution >= 4 is 29.0 Å². The van der Waals surface area contributed by atoms with Crippen LogP contribution >= 0.6 is 0 Å². The highest BCUT2D eigenvalue weighted by Crippen LogP contribution is 2.34. The Hall–Kier alpha value is -3.46. The smallest absolute Gasteiger partial charge is 0.256 e. The zero-order valence-corrected chi connectivity index (χ0v) is 20.6. The number of aromatic nitrogens is 3. The fraction of sp³-hybridized carbons (Fsp3) is 0.462. The minimum absolute atomic E-state index is 0.0879. The number of carbonyl (C=O) groups is 2. The van der Waals surface area contributed by atoms with Crippen molar-refractivity contribution in [3.8, 4) is 0 Å². The van der Waals surface area contributed by atoms with Crippen molar-refractivity contribution in [3.05, 3.63) is 52.8 Å². The molecule has 9 heteroatoms. The van der Waals surface area contributed by atoms with Crippen LogP contribution in [0.2, 0.25) is 0 Å². The molecule has 2 amide bonds. The van der Waals surface area contributed by atoms with Crippen LogP contribution in [-0.4, -0.2) is 57.0 Å². The first kappa shape index (κ1) is 23.3. The molecule has 2 aromatic heterocycles. The molecule has 2 aliphatic rings. The number of benzene rings is 1. The van der Waals surface area contributed by atoms with Gasteiger partial charge in [-0.1, -0.05) is 11.6 Å². The molecule has 1 aromatic carbocycles. The van der Waals surface area contributed by atoms with Gasteiger partial charge < -0.3 is 20.9 Å². The van der Waals surface area contributed by atoms with E-state index < -0.39 is 0 Å². The van der Waals surface area contributed by atoms with E-state index in [-0.39, 0.29) is 23.9 Å². The number of amides is 2. The number of hydrogen-bond acceptors (Lipinski definition) is 6. The van der Waals surface area contributed by atoms with Crippen LogP contribution < -0.4 is 16.0 Å². The van der Waals surface area contributed by atoms with Crippen molar-refractivity contribution < 1.29 is 9.59 Å². The SMILES string of the molecule is CC(=O)Nc1ccc(C)cc1C(=O)N1CCCCC1c1cc2nc(N3CCC(N)C3)c(C)cn2n1. The summed E-state index contributed by atoms with van der Waals surface area (Å²) in [5.41, 5.74) is 10.8. The van der Waals surface area contributed by atoms with Crippen LogP contribution in [0.15, 0.2) is 30.5 Å². The van der Waals surface area contributed by atoms with E-state index in [0.717, 1.165) is 67.1 Å². The molecule has 35 heavy (non-hydrogen) atoms. The van der Waals surface area contributed by atoms with E-state index in [4.69, 9.17) is 15.8 Å². The first-order valence-corrected chi connectivity index (χ1v) is 12.4. The van der Waals surface area contributed by atoms with Gasteiger partial charge in [0.05, 0.1) is 23.0 Å². The number of fused-ring (bicyclic) bond motifs is 1. The molecule has 2 unspecified atom stereocenters. The summed E-state index contributed by atoms with van der Waals surface area (Å²) in [6.07, 6.45) is 5.78. The quantitative estimate of drug-likeness (QED) is 0.600. The molecule has 184 valence electrons. The highest BCUT2D eigenvalue weighted by Gasteiger charge is 2.32. The first-order valence-electron chi connectivity index (χ1n) is 12.4. The number of rotatable bonds is 4. The number of anilines is 2. The third-order valence-electron chi connectivity index (χ3n) is 6.97. The molecule has 2 aliphatic heterocycles. The van der Waals surface area contributed by atoms with Gasteiger partial charge in [-0.25, -0.2) is 9.50 Å². The fourth-order valence-electron chi connectivity index (χ4n) is 5.25. The maximum Gasteiger partial charge on any atom is 0.256 e. The number of hydrogen-bond donors (Lipinski definition) is 2. The summed E-state index contributed by atoms with van der Waals surface area (Å²) < 4.78 is 1.82. The number of nitrogens with two attached hydrogens (primary N) is 1. The number of piperidine rings is 1. The van der Waals surface area contributed by atoms with Gasteiger partial charge in [-0.05, 0) is 51.7 Å². The number of carbonyl (C=O) groups excluding carboxylic acids is 2. The molecule has 2 atom stereocenters. The van der Waals surface area contributed by atoms with Crippen LogP contribution in [0.4, 0.5) is 11.5 Å². The topological polar surface area (TPSA) is 109 Å². The number of nitrogens with zero attached hydrogens (tertiary/aromatic N) is 5. The third-order valence-corrected chi connectivity index (χ3v) is 6.97. The molecular weight excluding hydrogens is 442 g/mol. The molecule has 3 aromatic rings. The summed E-state index contributed by atoms with van der Waals surface area (Å²) in [5, 5.41) is 7.65. The predicted octanol–water partition coefficient (Wildman–Crippen LogP) is 3.21. The molecule has 2 fully saturated rings. The summed E-state index contributed by atoms with van der Waals surface area (Å²) in [7, 11) is 0. The first-order chi connectivity index (χ1) is 16.8. The average molecular weight is 476 g/mol. The Kier molecular flexibility index (Phi) is 6.19. The zero-order chi connectivity index (χ0) is 24.7. The van der Waals surface area contributed by atoms with Crippen molar-refractivity contribution in [2.75, 3.05) is 29.9 Å². The summed E-state index contributed by atoms with van der Waals surface area (Å²) in [6, 6.07) is 7.58. The molecule has 5 rings (SSSR count). The number of aryl methyl sites for hydroxylation is 2. The van der Waals surface area contributed by atoms with Crippen molar-refractivity contribution in [1.82, 2.24) is 19.5 Å². The molecular formula is C26H33N7O2. The van der Waals surface area contributed by atoms with E-state index in [1.54, 1.807) is 6.07 Å². The molecule has 0 saturated carbocycles. The van der Waals surface area contributed by atoms with Gasteiger partial charge in [0, 0.05) is 50.4 Å². The van der Waals surface area contributed by atoms with E-state index in [1.807, 2.05) is 47.7 Å². The molecule has 0 bridgehead atoms. The van der Waals surface area contributed by atoms with E-state index in [9.17, 15) is 9.59 Å². The van der Waals surface area contributed by atoms with Crippen LogP contribution in [0.5, 0.6) is 0 Å². The van der Waals surface area contributed by atoms with E-state index in [2.05, 4.69) is 10.2 Å². The molecule has 0 aliphatic carbocycles. The largest absolute Gasteiger partial charge is 0.355 e. The lowest BCUT2D eigenvalue weighted by Crippen LogP contribution is -2.39. The van der Waals surface area contributed by atoms with Crippen molar-refractivity contribution in [2.24, 2.45) is 5.73 Å². The molecule has 9 nitrogen and oxygen atoms in total. The Bertz CT molecular complexity index is 1280. The minimum atomic E-state index is -0.199. The average Bonchev–Trinajstić information content (AvgIpc) is 3.44. The second-order valence-corrected chi connectivity index (χ2v) is 9.85. The van der Waals surface area contributed by atoms with Crippen LogP contribution in [0.3, 0.4) is 0 Å². The third kappa shape index (κ3) is 4.60. The highest BCUT2D eigenvalue weighted by atomic mass is 16.2. The lowest BCUT2D eigenvalue weighted by atomic mass is 9.97. The van der Waals surface area contributed by atoms with Crippen LogP contribution in [0.25, 0.3) is 5.65 Å². The number of nitrogens with one attached hydrogen (secondary N) is 1. The lowest BCUT2D eigenvalue weighted by molar-refractivity contribution is -0.114. The Labute approximate surface area is 205 Å². The summed E-state index contributed by atoms with van der Waals surface area (Å²) in [5.74, 6) is 0.665. The van der Waals surface area contributed by atoms with Crippen LogP contribution in [0.1, 0.15) is 65.8 Å². The van der Waals surface area contributed by atoms with Crippen molar-refractivity contribution in [2.45, 2.75) is 58.5 Å². The molecule has 0 spiro atoms. The lowest BCUT2D eigenvalue weighted by Gasteiger charge is -2.35. The highest BCUT2D eigenvalue weighted by molar-refractivity contribution is 6.03. The van der Waals surface area contributed by atoms with Gasteiger partial charge in [-0.2, -0.15) is 5.10 Å². The van der Waals surface area contributed by atoms with Gasteiger partial charge in [0.1, 0.15) is 5.82 Å². The van der Waals surface area contributed by atoms with Gasteiger partial charge in [0.25, 0.3) is 5.91 Å². The van der Waals surface area contributed by atoms with Crippen molar-refractivity contribution in [1.29, 1.82) is 0 Å². The van der Waals surface area contributed by atoms with Gasteiger partial charge in [0.2, 0.25) is 5.91 Å². The Morgan fingerprint density at radius 2 is 1.94 bits per heavy atom. The second-order valence-electron chi connectivity index (χ2n) is 9.85. The monoisotopic (exact) mass is 475 g/mol. The van der Waals surface area contributed by atoms with Crippen molar-refractivity contribution in [3.63, 3.8) is 0 Å². The fourth-order valence-corrected chi connectivity index (χ4v) is 5.25. The van der Waals surface area contributed by atoms with Gasteiger partial charge in [-0.3, -0.25) is 9.59 Å². The normalized spacial score (nSPS) is 20.5. The van der Waals surface area contributed by atoms with E-state index >= 15 is 0 Å². The molecule has 4 heterocycles. The molecule has 0 radical (unpaired) electrons. The van der Waals surface area contributed by atoms with Gasteiger partial charge in [-0.15, -0.1) is 0 Å². The second kappa shape index (κ2) is 9.30. The summed E-state index contributed by atoms with van der Waals surface area (Å²) >= 11 is 0. The Morgan fingerprint density at radius 1 is 1.11 bits per heavy atom. The molecule has 2 saturated heterocycles. The Balaban J connectivity index is 1.48.